The van der Waals surface area contributed by atoms with Crippen molar-refractivity contribution in [1.82, 2.24) is 0 Å². The fraction of sp³-hybridized carbons (Fsp3) is 0.463. The third-order valence-electron chi connectivity index (χ3n) is 7.09. The van der Waals surface area contributed by atoms with Crippen molar-refractivity contribution in [2.45, 2.75) is 79.1 Å². The van der Waals surface area contributed by atoms with Crippen LogP contribution in [0.3, 0.4) is 0 Å². The first-order valence-corrected chi connectivity index (χ1v) is 16.2. The molecule has 3 aromatic rings. The van der Waals surface area contributed by atoms with Crippen LogP contribution in [-0.4, -0.2) is 48.8 Å². The summed E-state index contributed by atoms with van der Waals surface area (Å²) in [6.07, 6.45) is 0. The minimum atomic E-state index is 0. The van der Waals surface area contributed by atoms with E-state index < -0.39 is 0 Å². The quantitative estimate of drug-likeness (QED) is 0.149. The SMILES string of the molecule is C=C([N-]c1c(C(C)C)cccc1C(C)C)c1[c-]c(C(=C)[N-]c2c(C(C)C)cccc2C(C)C)ccc1.COCCOC.C[O-].C[O-].C[O-].[Na+].[Na+].[U+4]. The van der Waals surface area contributed by atoms with Crippen LogP contribution >= 0.6 is 0 Å². The normalized spacial score (nSPS) is 9.49. The standard InChI is InChI=1S/C34H41N2.C4H10O2.3CH3O.2Na.U/c1-21(2)29-16-12-17-30(22(3)4)33(29)35-25(9)27-14-11-15-28(20-27)26(10)36-34-31(23(5)6)18-13-19-32(34)24(7)8;1-5-3-4-6-2;3*1-2;;;/h11-19,21-24H,9-10H2,1-8H3;3-4H2,1-2H3;3*1H3;;;/q-3;;3*-1;2*+1;+4. The molecule has 0 saturated carbocycles. The molecule has 0 unspecified atom stereocenters. The summed E-state index contributed by atoms with van der Waals surface area (Å²) in [6.45, 7) is 27.7. The molecule has 270 valence electrons. The van der Waals surface area contributed by atoms with Crippen molar-refractivity contribution in [2.24, 2.45) is 0 Å². The summed E-state index contributed by atoms with van der Waals surface area (Å²) in [7, 11) is 5.55. The average Bonchev–Trinajstić information content (AvgIpc) is 3.10. The first-order valence-electron chi connectivity index (χ1n) is 16.2. The van der Waals surface area contributed by atoms with E-state index in [1.165, 1.54) is 22.3 Å². The van der Waals surface area contributed by atoms with E-state index in [2.05, 4.69) is 120 Å². The first kappa shape index (κ1) is 59.9. The molecule has 0 fully saturated rings. The van der Waals surface area contributed by atoms with Crippen LogP contribution in [0.25, 0.3) is 22.0 Å². The summed E-state index contributed by atoms with van der Waals surface area (Å²) in [6, 6.07) is 22.5. The van der Waals surface area contributed by atoms with Gasteiger partial charge in [0.25, 0.3) is 0 Å². The van der Waals surface area contributed by atoms with E-state index in [1.807, 2.05) is 18.2 Å². The third kappa shape index (κ3) is 21.3. The van der Waals surface area contributed by atoms with Crippen molar-refractivity contribution in [1.29, 1.82) is 0 Å². The Balaban J connectivity index is -0.000000415. The Bertz CT molecular complexity index is 1190. The number of rotatable bonds is 13. The molecule has 0 amide bonds. The molecule has 0 atom stereocenters. The Kier molecular flexibility index (Phi) is 41.4. The number of ether oxygens (including phenoxy) is 2. The van der Waals surface area contributed by atoms with Gasteiger partial charge in [0, 0.05) is 14.2 Å². The van der Waals surface area contributed by atoms with Crippen molar-refractivity contribution < 1.29 is 115 Å². The summed E-state index contributed by atoms with van der Waals surface area (Å²) in [5.41, 5.74) is 10.1. The molecule has 7 nitrogen and oxygen atoms in total. The Morgan fingerprint density at radius 3 is 1.00 bits per heavy atom. The molecule has 3 rings (SSSR count). The molecule has 0 saturated heterocycles. The van der Waals surface area contributed by atoms with Gasteiger partial charge in [0.2, 0.25) is 0 Å². The number of methoxy groups -OCH3 is 2. The van der Waals surface area contributed by atoms with Crippen molar-refractivity contribution in [3.05, 3.63) is 118 Å². The van der Waals surface area contributed by atoms with Gasteiger partial charge in [-0.05, 0) is 23.7 Å². The monoisotopic (exact) mass is 944 g/mol. The van der Waals surface area contributed by atoms with Crippen LogP contribution in [0.15, 0.2) is 67.8 Å². The van der Waals surface area contributed by atoms with Crippen LogP contribution in [0.5, 0.6) is 0 Å². The minimum Gasteiger partial charge on any atom is -0.857 e. The van der Waals surface area contributed by atoms with Gasteiger partial charge in [-0.15, -0.1) is 59.9 Å². The van der Waals surface area contributed by atoms with Gasteiger partial charge in [-0.25, -0.2) is 11.4 Å². The maximum Gasteiger partial charge on any atom is 4.00 e. The van der Waals surface area contributed by atoms with Crippen LogP contribution in [0.1, 0.15) is 112 Å². The largest absolute Gasteiger partial charge is 4.00 e. The molecular formula is C41H60N2Na2O5U. The first-order chi connectivity index (χ1) is 22.9. The van der Waals surface area contributed by atoms with Gasteiger partial charge in [0.1, 0.15) is 0 Å². The van der Waals surface area contributed by atoms with Crippen LogP contribution < -0.4 is 74.4 Å². The Labute approximate surface area is 379 Å². The summed E-state index contributed by atoms with van der Waals surface area (Å²) < 4.78 is 9.31. The molecule has 0 radical (unpaired) electrons. The van der Waals surface area contributed by atoms with E-state index in [0.29, 0.717) is 48.3 Å². The average molecular weight is 945 g/mol. The van der Waals surface area contributed by atoms with Gasteiger partial charge in [0.05, 0.1) is 13.2 Å². The second-order valence-electron chi connectivity index (χ2n) is 11.8. The van der Waals surface area contributed by atoms with E-state index in [1.54, 1.807) is 14.2 Å². The molecule has 10 heteroatoms. The van der Waals surface area contributed by atoms with Gasteiger partial charge < -0.3 is 35.4 Å². The zero-order valence-electron chi connectivity index (χ0n) is 34.3. The second kappa shape index (κ2) is 35.3. The molecule has 0 N–H and O–H groups in total. The Morgan fingerprint density at radius 1 is 0.549 bits per heavy atom. The molecule has 0 spiro atoms. The zero-order valence-corrected chi connectivity index (χ0v) is 42.4. The zero-order chi connectivity index (χ0) is 37.4. The van der Waals surface area contributed by atoms with E-state index in [-0.39, 0.29) is 90.2 Å². The molecule has 0 heterocycles. The van der Waals surface area contributed by atoms with E-state index in [4.69, 9.17) is 26.0 Å². The fourth-order valence-electron chi connectivity index (χ4n) is 4.64. The Hall–Kier alpha value is -0.408. The molecule has 0 bridgehead atoms. The van der Waals surface area contributed by atoms with E-state index in [9.17, 15) is 0 Å². The maximum absolute atomic E-state index is 8.25. The van der Waals surface area contributed by atoms with Gasteiger partial charge in [-0.3, -0.25) is 0 Å². The number of hydrogen-bond acceptors (Lipinski definition) is 5. The third-order valence-corrected chi connectivity index (χ3v) is 7.09. The second-order valence-corrected chi connectivity index (χ2v) is 11.8. The minimum absolute atomic E-state index is 0. The number of para-hydroxylation sites is 2. The topological polar surface area (TPSA) is 116 Å². The predicted molar refractivity (Wildman–Crippen MR) is 200 cm³/mol. The molecule has 0 aliphatic carbocycles. The van der Waals surface area contributed by atoms with Crippen LogP contribution in [-0.2, 0) is 9.47 Å². The maximum atomic E-state index is 8.25. The number of hydrogen-bond donors (Lipinski definition) is 0. The summed E-state index contributed by atoms with van der Waals surface area (Å²) in [5, 5.41) is 34.8. The van der Waals surface area contributed by atoms with E-state index >= 15 is 0 Å². The van der Waals surface area contributed by atoms with Crippen molar-refractivity contribution in [2.75, 3.05) is 48.8 Å². The molecule has 0 aliphatic rings. The summed E-state index contributed by atoms with van der Waals surface area (Å²) in [4.78, 5) is 0. The van der Waals surface area contributed by atoms with Gasteiger partial charge in [0.15, 0.2) is 0 Å². The van der Waals surface area contributed by atoms with Crippen molar-refractivity contribution in [3.8, 4) is 0 Å². The fourth-order valence-corrected chi connectivity index (χ4v) is 4.64. The van der Waals surface area contributed by atoms with E-state index in [0.717, 1.165) is 43.8 Å². The molecular weight excluding hydrogens is 884 g/mol. The van der Waals surface area contributed by atoms with Gasteiger partial charge in [-0.2, -0.15) is 21.3 Å². The van der Waals surface area contributed by atoms with Gasteiger partial charge in [-0.1, -0.05) is 114 Å². The number of nitrogens with zero attached hydrogens (tertiary/aromatic N) is 2. The number of benzene rings is 3. The molecule has 0 aliphatic heterocycles. The Morgan fingerprint density at radius 2 is 0.784 bits per heavy atom. The molecule has 0 aromatic heterocycles. The summed E-state index contributed by atoms with van der Waals surface area (Å²) in [5.74, 6) is 1.50. The van der Waals surface area contributed by atoms with Crippen LogP contribution in [0.4, 0.5) is 11.4 Å². The summed E-state index contributed by atoms with van der Waals surface area (Å²) >= 11 is 0. The smallest absolute Gasteiger partial charge is 0.857 e. The van der Waals surface area contributed by atoms with Gasteiger partial charge >= 0.3 is 90.2 Å². The molecule has 51 heavy (non-hydrogen) atoms. The van der Waals surface area contributed by atoms with Crippen molar-refractivity contribution >= 4 is 22.8 Å². The predicted octanol–water partition coefficient (Wildman–Crippen LogP) is 2.55. The van der Waals surface area contributed by atoms with Crippen LogP contribution in [0, 0.1) is 37.2 Å². The van der Waals surface area contributed by atoms with Crippen molar-refractivity contribution in [3.63, 3.8) is 0 Å². The van der Waals surface area contributed by atoms with Crippen LogP contribution in [0.2, 0.25) is 0 Å². The molecule has 3 aromatic carbocycles.